The van der Waals surface area contributed by atoms with Crippen molar-refractivity contribution in [3.05, 3.63) is 53.2 Å². The minimum Gasteiger partial charge on any atom is -0.463 e. The second-order valence-corrected chi connectivity index (χ2v) is 5.00. The molecule has 0 aliphatic carbocycles. The highest BCUT2D eigenvalue weighted by Gasteiger charge is 2.27. The summed E-state index contributed by atoms with van der Waals surface area (Å²) in [5, 5.41) is 13.0. The Hall–Kier alpha value is -2.14. The van der Waals surface area contributed by atoms with Crippen molar-refractivity contribution in [3.8, 4) is 0 Å². The molecule has 1 unspecified atom stereocenters. The number of carbonyl (C=O) groups excluding carboxylic acids is 1. The number of nitrogens with one attached hydrogen (secondary N) is 1. The van der Waals surface area contributed by atoms with Crippen molar-refractivity contribution in [1.29, 1.82) is 0 Å². The van der Waals surface area contributed by atoms with Crippen LogP contribution in [0.15, 0.2) is 34.9 Å². The van der Waals surface area contributed by atoms with Crippen LogP contribution in [0.1, 0.15) is 34.5 Å². The summed E-state index contributed by atoms with van der Waals surface area (Å²) in [5.41, 5.74) is -0.0996. The molecule has 0 aliphatic heterocycles. The standard InChI is InChI=1S/C15H18N2O3/c1-10-6-7-13(20-10)15(3,19)9-17-14(18)12-5-4-8-16-11(12)2/h4-8,19H,9H2,1-3H3,(H,17,18). The predicted molar refractivity (Wildman–Crippen MR) is 74.3 cm³/mol. The van der Waals surface area contributed by atoms with Crippen molar-refractivity contribution >= 4 is 5.91 Å². The number of nitrogens with zero attached hydrogens (tertiary/aromatic N) is 1. The molecule has 0 bridgehead atoms. The van der Waals surface area contributed by atoms with Gasteiger partial charge >= 0.3 is 0 Å². The molecule has 0 saturated carbocycles. The summed E-state index contributed by atoms with van der Waals surface area (Å²) in [6, 6.07) is 6.88. The Morgan fingerprint density at radius 2 is 2.15 bits per heavy atom. The lowest BCUT2D eigenvalue weighted by atomic mass is 10.0. The van der Waals surface area contributed by atoms with Gasteiger partial charge in [-0.2, -0.15) is 0 Å². The van der Waals surface area contributed by atoms with Crippen molar-refractivity contribution in [1.82, 2.24) is 10.3 Å². The highest BCUT2D eigenvalue weighted by molar-refractivity contribution is 5.95. The number of hydrogen-bond donors (Lipinski definition) is 2. The Morgan fingerprint density at radius 3 is 2.75 bits per heavy atom. The molecule has 0 aromatic carbocycles. The molecule has 5 heteroatoms. The van der Waals surface area contributed by atoms with E-state index in [9.17, 15) is 9.90 Å². The predicted octanol–water partition coefficient (Wildman–Crippen LogP) is 1.93. The summed E-state index contributed by atoms with van der Waals surface area (Å²) >= 11 is 0. The fourth-order valence-corrected chi connectivity index (χ4v) is 1.88. The molecule has 0 radical (unpaired) electrons. The maximum absolute atomic E-state index is 12.1. The first-order valence-electron chi connectivity index (χ1n) is 6.39. The summed E-state index contributed by atoms with van der Waals surface area (Å²) in [6.07, 6.45) is 1.63. The summed E-state index contributed by atoms with van der Waals surface area (Å²) in [6.45, 7) is 5.23. The van der Waals surface area contributed by atoms with Crippen molar-refractivity contribution in [3.63, 3.8) is 0 Å². The number of carbonyl (C=O) groups is 1. The van der Waals surface area contributed by atoms with Gasteiger partial charge < -0.3 is 14.8 Å². The first-order valence-corrected chi connectivity index (χ1v) is 6.39. The van der Waals surface area contributed by atoms with Crippen molar-refractivity contribution in [2.75, 3.05) is 6.54 Å². The van der Waals surface area contributed by atoms with Gasteiger partial charge in [0.2, 0.25) is 0 Å². The average Bonchev–Trinajstić information content (AvgIpc) is 2.84. The fourth-order valence-electron chi connectivity index (χ4n) is 1.88. The van der Waals surface area contributed by atoms with Crippen LogP contribution in [0.4, 0.5) is 0 Å². The first-order chi connectivity index (χ1) is 9.40. The highest BCUT2D eigenvalue weighted by atomic mass is 16.4. The smallest absolute Gasteiger partial charge is 0.253 e. The Labute approximate surface area is 117 Å². The van der Waals surface area contributed by atoms with Crippen LogP contribution < -0.4 is 5.32 Å². The number of aromatic nitrogens is 1. The molecule has 0 saturated heterocycles. The number of aliphatic hydroxyl groups is 1. The first kappa shape index (κ1) is 14.3. The molecular weight excluding hydrogens is 256 g/mol. The van der Waals surface area contributed by atoms with E-state index >= 15 is 0 Å². The lowest BCUT2D eigenvalue weighted by Crippen LogP contribution is -2.38. The topological polar surface area (TPSA) is 75.4 Å². The van der Waals surface area contributed by atoms with Gasteiger partial charge in [0.15, 0.2) is 0 Å². The number of furan rings is 1. The monoisotopic (exact) mass is 274 g/mol. The zero-order chi connectivity index (χ0) is 14.8. The van der Waals surface area contributed by atoms with Crippen molar-refractivity contribution in [2.24, 2.45) is 0 Å². The minimum atomic E-state index is -1.25. The summed E-state index contributed by atoms with van der Waals surface area (Å²) in [4.78, 5) is 16.1. The second-order valence-electron chi connectivity index (χ2n) is 5.00. The minimum absolute atomic E-state index is 0.0626. The average molecular weight is 274 g/mol. The van der Waals surface area contributed by atoms with Gasteiger partial charge in [-0.1, -0.05) is 0 Å². The SMILES string of the molecule is Cc1ccc(C(C)(O)CNC(=O)c2cccnc2C)o1. The summed E-state index contributed by atoms with van der Waals surface area (Å²) in [7, 11) is 0. The van der Waals surface area contributed by atoms with E-state index in [-0.39, 0.29) is 12.5 Å². The van der Waals surface area contributed by atoms with E-state index in [1.54, 1.807) is 51.2 Å². The molecular formula is C15H18N2O3. The van der Waals surface area contributed by atoms with Crippen LogP contribution in [-0.2, 0) is 5.60 Å². The molecule has 2 aromatic rings. The maximum atomic E-state index is 12.1. The Kier molecular flexibility index (Phi) is 3.90. The second kappa shape index (κ2) is 5.46. The largest absolute Gasteiger partial charge is 0.463 e. The third-order valence-corrected chi connectivity index (χ3v) is 3.12. The van der Waals surface area contributed by atoms with Gasteiger partial charge in [-0.25, -0.2) is 0 Å². The number of hydrogen-bond acceptors (Lipinski definition) is 4. The highest BCUT2D eigenvalue weighted by Crippen LogP contribution is 2.22. The number of rotatable bonds is 4. The van der Waals surface area contributed by atoms with E-state index in [1.165, 1.54) is 0 Å². The van der Waals surface area contributed by atoms with Gasteiger partial charge in [0.1, 0.15) is 17.1 Å². The molecule has 0 spiro atoms. The zero-order valence-electron chi connectivity index (χ0n) is 11.8. The number of amides is 1. The van der Waals surface area contributed by atoms with Gasteiger partial charge in [0.25, 0.3) is 5.91 Å². The normalized spacial score (nSPS) is 13.8. The molecule has 2 N–H and O–H groups in total. The van der Waals surface area contributed by atoms with E-state index < -0.39 is 5.60 Å². The van der Waals surface area contributed by atoms with Crippen LogP contribution >= 0.6 is 0 Å². The van der Waals surface area contributed by atoms with Crippen LogP contribution in [-0.4, -0.2) is 22.5 Å². The van der Waals surface area contributed by atoms with Crippen LogP contribution in [0.3, 0.4) is 0 Å². The van der Waals surface area contributed by atoms with Crippen LogP contribution in [0.5, 0.6) is 0 Å². The molecule has 20 heavy (non-hydrogen) atoms. The van der Waals surface area contributed by atoms with E-state index in [2.05, 4.69) is 10.3 Å². The van der Waals surface area contributed by atoms with Gasteiger partial charge in [-0.3, -0.25) is 9.78 Å². The molecule has 5 nitrogen and oxygen atoms in total. The molecule has 2 heterocycles. The van der Waals surface area contributed by atoms with Crippen molar-refractivity contribution < 1.29 is 14.3 Å². The Bertz CT molecular complexity index is 617. The molecule has 2 rings (SSSR count). The van der Waals surface area contributed by atoms with E-state index in [4.69, 9.17) is 4.42 Å². The maximum Gasteiger partial charge on any atom is 0.253 e. The third-order valence-electron chi connectivity index (χ3n) is 3.12. The molecule has 2 aromatic heterocycles. The Balaban J connectivity index is 2.05. The number of pyridine rings is 1. The Morgan fingerprint density at radius 1 is 1.40 bits per heavy atom. The summed E-state index contributed by atoms with van der Waals surface area (Å²) < 4.78 is 5.40. The lowest BCUT2D eigenvalue weighted by molar-refractivity contribution is 0.0323. The van der Waals surface area contributed by atoms with Gasteiger partial charge in [-0.15, -0.1) is 0 Å². The molecule has 1 atom stereocenters. The van der Waals surface area contributed by atoms with E-state index in [1.807, 2.05) is 0 Å². The number of aryl methyl sites for hydroxylation is 2. The fraction of sp³-hybridized carbons (Fsp3) is 0.333. The van der Waals surface area contributed by atoms with Crippen molar-refractivity contribution in [2.45, 2.75) is 26.4 Å². The van der Waals surface area contributed by atoms with Crippen LogP contribution in [0.2, 0.25) is 0 Å². The molecule has 0 fully saturated rings. The van der Waals surface area contributed by atoms with Gasteiger partial charge in [0, 0.05) is 11.9 Å². The lowest BCUT2D eigenvalue weighted by Gasteiger charge is -2.21. The molecule has 106 valence electrons. The summed E-state index contributed by atoms with van der Waals surface area (Å²) in [5.74, 6) is 0.882. The van der Waals surface area contributed by atoms with E-state index in [0.29, 0.717) is 17.0 Å². The van der Waals surface area contributed by atoms with E-state index in [0.717, 1.165) is 5.76 Å². The van der Waals surface area contributed by atoms with Gasteiger partial charge in [-0.05, 0) is 45.0 Å². The molecule has 0 aliphatic rings. The third kappa shape index (κ3) is 3.05. The zero-order valence-corrected chi connectivity index (χ0v) is 11.8. The van der Waals surface area contributed by atoms with Crippen LogP contribution in [0, 0.1) is 13.8 Å². The van der Waals surface area contributed by atoms with Gasteiger partial charge in [0.05, 0.1) is 12.1 Å². The van der Waals surface area contributed by atoms with Crippen LogP contribution in [0.25, 0.3) is 0 Å². The molecule has 1 amide bonds. The quantitative estimate of drug-likeness (QED) is 0.893.